The molecule has 0 aromatic heterocycles. The van der Waals surface area contributed by atoms with Gasteiger partial charge >= 0.3 is 7.12 Å². The molecule has 0 amide bonds. The van der Waals surface area contributed by atoms with Gasteiger partial charge in [-0.3, -0.25) is 4.79 Å². The van der Waals surface area contributed by atoms with Crippen molar-refractivity contribution in [1.82, 2.24) is 0 Å². The molecule has 0 aromatic rings. The van der Waals surface area contributed by atoms with Gasteiger partial charge in [0.2, 0.25) is 0 Å². The monoisotopic (exact) mass is 180 g/mol. The van der Waals surface area contributed by atoms with Gasteiger partial charge in [0, 0.05) is 5.57 Å². The van der Waals surface area contributed by atoms with Gasteiger partial charge < -0.3 is 10.0 Å². The van der Waals surface area contributed by atoms with Crippen LogP contribution in [0.25, 0.3) is 0 Å². The van der Waals surface area contributed by atoms with Gasteiger partial charge in [-0.2, -0.15) is 0 Å². The summed E-state index contributed by atoms with van der Waals surface area (Å²) >= 11 is 0. The Hall–Kier alpha value is -1.13. The Balaban J connectivity index is 4.87. The highest BCUT2D eigenvalue weighted by atomic mass is 16.4. The predicted molar refractivity (Wildman–Crippen MR) is 52.9 cm³/mol. The zero-order chi connectivity index (χ0) is 10.4. The topological polar surface area (TPSA) is 57.5 Å². The molecule has 0 atom stereocenters. The van der Waals surface area contributed by atoms with E-state index in [4.69, 9.17) is 10.0 Å². The van der Waals surface area contributed by atoms with Gasteiger partial charge in [0.05, 0.1) is 0 Å². The SMILES string of the molecule is C=C/C(=C\C(=C/C)B(O)O)C(C)=O. The van der Waals surface area contributed by atoms with Crippen molar-refractivity contribution in [2.24, 2.45) is 0 Å². The first-order valence-corrected chi connectivity index (χ1v) is 3.90. The first kappa shape index (κ1) is 11.9. The fraction of sp³-hybridized carbons (Fsp3) is 0.222. The normalized spacial score (nSPS) is 12.6. The maximum atomic E-state index is 10.9. The van der Waals surface area contributed by atoms with E-state index in [1.54, 1.807) is 6.92 Å². The summed E-state index contributed by atoms with van der Waals surface area (Å²) in [5.41, 5.74) is 0.645. The van der Waals surface area contributed by atoms with E-state index < -0.39 is 7.12 Å². The van der Waals surface area contributed by atoms with E-state index in [9.17, 15) is 4.79 Å². The fourth-order valence-corrected chi connectivity index (χ4v) is 0.791. The number of hydrogen-bond donors (Lipinski definition) is 2. The molecule has 0 rings (SSSR count). The Morgan fingerprint density at radius 3 is 2.23 bits per heavy atom. The third-order valence-electron chi connectivity index (χ3n) is 1.58. The highest BCUT2D eigenvalue weighted by molar-refractivity contribution is 6.51. The summed E-state index contributed by atoms with van der Waals surface area (Å²) in [7, 11) is -1.56. The smallest absolute Gasteiger partial charge is 0.423 e. The van der Waals surface area contributed by atoms with Crippen molar-refractivity contribution in [3.63, 3.8) is 0 Å². The fourth-order valence-electron chi connectivity index (χ4n) is 0.791. The molecule has 0 heterocycles. The third-order valence-corrected chi connectivity index (χ3v) is 1.58. The average Bonchev–Trinajstić information content (AvgIpc) is 2.05. The Morgan fingerprint density at radius 1 is 1.46 bits per heavy atom. The summed E-state index contributed by atoms with van der Waals surface area (Å²) in [4.78, 5) is 10.9. The maximum absolute atomic E-state index is 10.9. The Kier molecular flexibility index (Phi) is 5.03. The molecule has 70 valence electrons. The molecule has 0 aliphatic carbocycles. The van der Waals surface area contributed by atoms with Crippen molar-refractivity contribution in [2.75, 3.05) is 0 Å². The average molecular weight is 180 g/mol. The van der Waals surface area contributed by atoms with Crippen LogP contribution in [0.2, 0.25) is 0 Å². The quantitative estimate of drug-likeness (QED) is 0.379. The van der Waals surface area contributed by atoms with Crippen LogP contribution >= 0.6 is 0 Å². The predicted octanol–water partition coefficient (Wildman–Crippen LogP) is 0.646. The largest absolute Gasteiger partial charge is 0.488 e. The second-order valence-corrected chi connectivity index (χ2v) is 2.52. The highest BCUT2D eigenvalue weighted by Gasteiger charge is 2.12. The number of carbonyl (C=O) groups is 1. The molecule has 4 heteroatoms. The molecule has 0 aliphatic rings. The molecule has 0 fully saturated rings. The molecule has 0 unspecified atom stereocenters. The molecule has 13 heavy (non-hydrogen) atoms. The number of Topliss-reactive ketones (excluding diaryl/α,β-unsaturated/α-hetero) is 1. The highest BCUT2D eigenvalue weighted by Crippen LogP contribution is 2.06. The molecule has 0 aliphatic heterocycles. The number of hydrogen-bond acceptors (Lipinski definition) is 3. The van der Waals surface area contributed by atoms with E-state index in [2.05, 4.69) is 6.58 Å². The van der Waals surface area contributed by atoms with Gasteiger partial charge in [-0.15, -0.1) is 0 Å². The standard InChI is InChI=1S/C9H13BO3/c1-4-8(7(3)11)6-9(5-2)10(12)13/h4-6,12-13H,1H2,2-3H3/b8-6+,9-5+. The van der Waals surface area contributed by atoms with Crippen LogP contribution in [0.15, 0.2) is 35.9 Å². The summed E-state index contributed by atoms with van der Waals surface area (Å²) in [6, 6.07) is 0. The summed E-state index contributed by atoms with van der Waals surface area (Å²) in [5.74, 6) is -0.157. The van der Waals surface area contributed by atoms with E-state index in [1.165, 1.54) is 25.2 Å². The molecule has 0 radical (unpaired) electrons. The Labute approximate surface area is 78.2 Å². The van der Waals surface area contributed by atoms with Crippen molar-refractivity contribution < 1.29 is 14.8 Å². The van der Waals surface area contributed by atoms with E-state index in [0.717, 1.165) is 0 Å². The number of carbonyl (C=O) groups excluding carboxylic acids is 1. The lowest BCUT2D eigenvalue weighted by Gasteiger charge is -2.00. The van der Waals surface area contributed by atoms with Crippen molar-refractivity contribution in [3.8, 4) is 0 Å². The number of allylic oxidation sites excluding steroid dienone is 5. The lowest BCUT2D eigenvalue weighted by Crippen LogP contribution is -2.14. The number of rotatable bonds is 4. The zero-order valence-corrected chi connectivity index (χ0v) is 7.82. The van der Waals surface area contributed by atoms with Crippen LogP contribution in [0, 0.1) is 0 Å². The van der Waals surface area contributed by atoms with E-state index in [-0.39, 0.29) is 11.3 Å². The first-order valence-electron chi connectivity index (χ1n) is 3.90. The van der Waals surface area contributed by atoms with Gasteiger partial charge in [0.1, 0.15) is 0 Å². The molecule has 0 saturated heterocycles. The van der Waals surface area contributed by atoms with E-state index in [1.807, 2.05) is 0 Å². The van der Waals surface area contributed by atoms with Crippen LogP contribution in [0.3, 0.4) is 0 Å². The second kappa shape index (κ2) is 5.51. The van der Waals surface area contributed by atoms with Crippen molar-refractivity contribution in [2.45, 2.75) is 13.8 Å². The molecule has 0 spiro atoms. The molecule has 0 bridgehead atoms. The number of ketones is 1. The van der Waals surface area contributed by atoms with Crippen LogP contribution in [0.4, 0.5) is 0 Å². The summed E-state index contributed by atoms with van der Waals surface area (Å²) in [6.45, 7) is 6.50. The lowest BCUT2D eigenvalue weighted by molar-refractivity contribution is -0.113. The second-order valence-electron chi connectivity index (χ2n) is 2.52. The van der Waals surface area contributed by atoms with Gasteiger partial charge in [0.15, 0.2) is 5.78 Å². The molecular weight excluding hydrogens is 167 g/mol. The minimum absolute atomic E-state index is 0.157. The van der Waals surface area contributed by atoms with Gasteiger partial charge in [-0.25, -0.2) is 0 Å². The minimum Gasteiger partial charge on any atom is -0.423 e. The third kappa shape index (κ3) is 3.87. The first-order chi connectivity index (χ1) is 6.02. The van der Waals surface area contributed by atoms with Gasteiger partial charge in [0.25, 0.3) is 0 Å². The van der Waals surface area contributed by atoms with Crippen LogP contribution in [0.1, 0.15) is 13.8 Å². The van der Waals surface area contributed by atoms with Crippen LogP contribution in [-0.4, -0.2) is 22.9 Å². The summed E-state index contributed by atoms with van der Waals surface area (Å²) in [6.07, 6.45) is 4.31. The summed E-state index contributed by atoms with van der Waals surface area (Å²) < 4.78 is 0. The lowest BCUT2D eigenvalue weighted by atomic mass is 9.78. The van der Waals surface area contributed by atoms with Crippen LogP contribution < -0.4 is 0 Å². The van der Waals surface area contributed by atoms with E-state index in [0.29, 0.717) is 5.57 Å². The minimum atomic E-state index is -1.56. The molecule has 2 N–H and O–H groups in total. The van der Waals surface area contributed by atoms with Crippen molar-refractivity contribution in [3.05, 3.63) is 35.9 Å². The van der Waals surface area contributed by atoms with Gasteiger partial charge in [-0.1, -0.05) is 24.8 Å². The zero-order valence-electron chi connectivity index (χ0n) is 7.82. The molecule has 0 aromatic carbocycles. The Bertz CT molecular complexity index is 264. The van der Waals surface area contributed by atoms with Crippen molar-refractivity contribution in [1.29, 1.82) is 0 Å². The van der Waals surface area contributed by atoms with Crippen LogP contribution in [0.5, 0.6) is 0 Å². The Morgan fingerprint density at radius 2 is 2.00 bits per heavy atom. The van der Waals surface area contributed by atoms with Crippen LogP contribution in [-0.2, 0) is 4.79 Å². The molecule has 0 saturated carbocycles. The van der Waals surface area contributed by atoms with Gasteiger partial charge in [-0.05, 0) is 19.3 Å². The molecule has 3 nitrogen and oxygen atoms in total. The van der Waals surface area contributed by atoms with E-state index >= 15 is 0 Å². The maximum Gasteiger partial charge on any atom is 0.488 e. The molecular formula is C9H13BO3. The van der Waals surface area contributed by atoms with Crippen molar-refractivity contribution >= 4 is 12.9 Å². The summed E-state index contributed by atoms with van der Waals surface area (Å²) in [5, 5.41) is 17.7.